The van der Waals surface area contributed by atoms with Crippen LogP contribution in [0.5, 0.6) is 0 Å². The minimum Gasteiger partial charge on any atom is -0.299 e. The first-order valence-corrected chi connectivity index (χ1v) is 8.85. The van der Waals surface area contributed by atoms with Crippen LogP contribution in [-0.2, 0) is 23.1 Å². The molecule has 0 unspecified atom stereocenters. The Morgan fingerprint density at radius 1 is 1.45 bits per heavy atom. The highest BCUT2D eigenvalue weighted by Gasteiger charge is 2.28. The maximum atomic E-state index is 11.9. The molecule has 4 nitrogen and oxygen atoms in total. The molecule has 0 bridgehead atoms. The van der Waals surface area contributed by atoms with E-state index in [2.05, 4.69) is 16.5 Å². The summed E-state index contributed by atoms with van der Waals surface area (Å²) in [7, 11) is -3.36. The third-order valence-electron chi connectivity index (χ3n) is 4.09. The van der Waals surface area contributed by atoms with Crippen molar-refractivity contribution in [2.24, 2.45) is 5.92 Å². The Morgan fingerprint density at radius 3 is 3.00 bits per heavy atom. The number of fused-ring (bicyclic) bond motifs is 1. The second-order valence-corrected chi connectivity index (χ2v) is 8.00. The maximum absolute atomic E-state index is 11.9. The molecule has 1 aromatic carbocycles. The van der Waals surface area contributed by atoms with Gasteiger partial charge in [0.25, 0.3) is 0 Å². The second kappa shape index (κ2) is 5.30. The average molecular weight is 315 g/mol. The molecule has 1 atom stereocenters. The molecule has 3 rings (SSSR count). The summed E-state index contributed by atoms with van der Waals surface area (Å²) < 4.78 is 26.4. The highest BCUT2D eigenvalue weighted by Crippen LogP contribution is 2.31. The monoisotopic (exact) mass is 314 g/mol. The third-order valence-corrected chi connectivity index (χ3v) is 5.90. The van der Waals surface area contributed by atoms with Crippen molar-refractivity contribution in [3.8, 4) is 0 Å². The van der Waals surface area contributed by atoms with Crippen LogP contribution >= 0.6 is 11.6 Å². The van der Waals surface area contributed by atoms with Gasteiger partial charge in [0.15, 0.2) is 0 Å². The topological polar surface area (TPSA) is 49.4 Å². The summed E-state index contributed by atoms with van der Waals surface area (Å²) in [4.78, 5) is 2.73. The summed E-state index contributed by atoms with van der Waals surface area (Å²) in [6.45, 7) is 5.48. The Hall–Kier alpha value is -0.620. The molecule has 0 aromatic heterocycles. The van der Waals surface area contributed by atoms with E-state index in [9.17, 15) is 8.42 Å². The summed E-state index contributed by atoms with van der Waals surface area (Å²) in [5.41, 5.74) is 1.68. The summed E-state index contributed by atoms with van der Waals surface area (Å²) >= 11 is 6.23. The van der Waals surface area contributed by atoms with Crippen molar-refractivity contribution in [1.29, 1.82) is 0 Å². The van der Waals surface area contributed by atoms with Gasteiger partial charge in [-0.1, -0.05) is 18.5 Å². The van der Waals surface area contributed by atoms with Crippen LogP contribution in [0.3, 0.4) is 0 Å². The summed E-state index contributed by atoms with van der Waals surface area (Å²) in [5, 5.41) is 0.552. The van der Waals surface area contributed by atoms with Crippen LogP contribution in [0, 0.1) is 5.92 Å². The molecule has 2 aliphatic heterocycles. The van der Waals surface area contributed by atoms with Gasteiger partial charge in [-0.15, -0.1) is 0 Å². The molecule has 2 aliphatic rings. The van der Waals surface area contributed by atoms with Crippen molar-refractivity contribution < 1.29 is 8.42 Å². The van der Waals surface area contributed by atoms with Crippen LogP contribution < -0.4 is 4.72 Å². The molecule has 1 saturated heterocycles. The Balaban J connectivity index is 1.87. The highest BCUT2D eigenvalue weighted by atomic mass is 35.5. The van der Waals surface area contributed by atoms with E-state index < -0.39 is 10.0 Å². The van der Waals surface area contributed by atoms with E-state index in [1.165, 1.54) is 12.8 Å². The molecule has 2 heterocycles. The lowest BCUT2D eigenvalue weighted by Crippen LogP contribution is -2.33. The summed E-state index contributed by atoms with van der Waals surface area (Å²) in [6.07, 6.45) is 2.49. The number of rotatable bonds is 2. The van der Waals surface area contributed by atoms with Crippen molar-refractivity contribution in [1.82, 2.24) is 9.62 Å². The number of hydrogen-bond donors (Lipinski definition) is 1. The van der Waals surface area contributed by atoms with Gasteiger partial charge >= 0.3 is 0 Å². The van der Waals surface area contributed by atoms with E-state index in [0.717, 1.165) is 25.2 Å². The lowest BCUT2D eigenvalue weighted by atomic mass is 9.99. The molecule has 0 spiro atoms. The molecular formula is C14H19ClN2O2S. The molecule has 6 heteroatoms. The van der Waals surface area contributed by atoms with E-state index in [-0.39, 0.29) is 0 Å². The fourth-order valence-electron chi connectivity index (χ4n) is 3.10. The lowest BCUT2D eigenvalue weighted by Gasteiger charge is -2.30. The molecule has 0 aliphatic carbocycles. The zero-order valence-corrected chi connectivity index (χ0v) is 13.1. The Labute approximate surface area is 125 Å². The van der Waals surface area contributed by atoms with Crippen molar-refractivity contribution in [2.45, 2.75) is 37.8 Å². The molecule has 1 fully saturated rings. The second-order valence-electron chi connectivity index (χ2n) is 5.86. The van der Waals surface area contributed by atoms with Gasteiger partial charge in [-0.3, -0.25) is 4.90 Å². The van der Waals surface area contributed by atoms with Gasteiger partial charge in [0.05, 0.1) is 4.90 Å². The van der Waals surface area contributed by atoms with Gasteiger partial charge < -0.3 is 0 Å². The Morgan fingerprint density at radius 2 is 2.25 bits per heavy atom. The first-order chi connectivity index (χ1) is 9.45. The van der Waals surface area contributed by atoms with Gasteiger partial charge in [0, 0.05) is 30.2 Å². The average Bonchev–Trinajstić information content (AvgIpc) is 2.66. The molecule has 20 heavy (non-hydrogen) atoms. The van der Waals surface area contributed by atoms with Crippen molar-refractivity contribution >= 4 is 21.6 Å². The van der Waals surface area contributed by atoms with Crippen molar-refractivity contribution in [3.63, 3.8) is 0 Å². The van der Waals surface area contributed by atoms with Crippen molar-refractivity contribution in [2.75, 3.05) is 13.1 Å². The van der Waals surface area contributed by atoms with E-state index in [0.29, 0.717) is 27.9 Å². The fourth-order valence-corrected chi connectivity index (χ4v) is 4.77. The molecule has 0 saturated carbocycles. The van der Waals surface area contributed by atoms with E-state index in [1.807, 2.05) is 6.07 Å². The fraction of sp³-hybridized carbons (Fsp3) is 0.571. The Bertz CT molecular complexity index is 630. The van der Waals surface area contributed by atoms with Crippen LogP contribution in [0.15, 0.2) is 17.0 Å². The minimum atomic E-state index is -3.36. The largest absolute Gasteiger partial charge is 0.299 e. The number of likely N-dealkylation sites (tertiary alicyclic amines) is 1. The smallest absolute Gasteiger partial charge is 0.241 e. The number of benzene rings is 1. The number of piperidine rings is 1. The van der Waals surface area contributed by atoms with Crippen LogP contribution in [0.4, 0.5) is 0 Å². The molecule has 1 aromatic rings. The van der Waals surface area contributed by atoms with E-state index >= 15 is 0 Å². The van der Waals surface area contributed by atoms with Crippen LogP contribution in [0.2, 0.25) is 5.02 Å². The predicted octanol–water partition coefficient (Wildman–Crippen LogP) is 2.36. The standard InChI is InChI=1S/C14H19ClN2O2S/c1-10-3-2-4-17(8-10)9-11-5-13(15)12-7-16-20(18,19)14(12)6-11/h5-6,10,16H,2-4,7-9H2,1H3/t10-/m0/s1. The minimum absolute atomic E-state index is 0.303. The van der Waals surface area contributed by atoms with Gasteiger partial charge in [0.2, 0.25) is 10.0 Å². The lowest BCUT2D eigenvalue weighted by molar-refractivity contribution is 0.176. The Kier molecular flexibility index (Phi) is 3.79. The zero-order chi connectivity index (χ0) is 14.3. The van der Waals surface area contributed by atoms with Crippen molar-refractivity contribution in [3.05, 3.63) is 28.3 Å². The normalized spacial score (nSPS) is 25.6. The molecule has 0 amide bonds. The number of hydrogen-bond acceptors (Lipinski definition) is 3. The maximum Gasteiger partial charge on any atom is 0.241 e. The highest BCUT2D eigenvalue weighted by molar-refractivity contribution is 7.89. The van der Waals surface area contributed by atoms with Gasteiger partial charge in [0.1, 0.15) is 0 Å². The predicted molar refractivity (Wildman–Crippen MR) is 79.2 cm³/mol. The number of sulfonamides is 1. The van der Waals surface area contributed by atoms with E-state index in [4.69, 9.17) is 11.6 Å². The molecular weight excluding hydrogens is 296 g/mol. The van der Waals surface area contributed by atoms with E-state index in [1.54, 1.807) is 6.07 Å². The number of nitrogens with one attached hydrogen (secondary N) is 1. The van der Waals surface area contributed by atoms with Gasteiger partial charge in [-0.05, 0) is 43.0 Å². The van der Waals surface area contributed by atoms with Crippen LogP contribution in [0.25, 0.3) is 0 Å². The first-order valence-electron chi connectivity index (χ1n) is 6.99. The number of nitrogens with zero attached hydrogens (tertiary/aromatic N) is 1. The number of halogens is 1. The zero-order valence-electron chi connectivity index (χ0n) is 11.5. The SMILES string of the molecule is C[C@H]1CCCN(Cc2cc(Cl)c3c(c2)S(=O)(=O)NC3)C1. The summed E-state index contributed by atoms with van der Waals surface area (Å²) in [5.74, 6) is 0.707. The summed E-state index contributed by atoms with van der Waals surface area (Å²) in [6, 6.07) is 3.68. The van der Waals surface area contributed by atoms with Gasteiger partial charge in [-0.25, -0.2) is 13.1 Å². The molecule has 1 N–H and O–H groups in total. The van der Waals surface area contributed by atoms with Crippen LogP contribution in [-0.4, -0.2) is 26.4 Å². The quantitative estimate of drug-likeness (QED) is 0.911. The molecule has 110 valence electrons. The third kappa shape index (κ3) is 2.72. The first kappa shape index (κ1) is 14.3. The van der Waals surface area contributed by atoms with Gasteiger partial charge in [-0.2, -0.15) is 0 Å². The molecule has 0 radical (unpaired) electrons. The van der Waals surface area contributed by atoms with Crippen LogP contribution in [0.1, 0.15) is 30.9 Å².